The maximum absolute atomic E-state index is 14.9. The first-order valence-electron chi connectivity index (χ1n) is 10.9. The molecule has 176 valence electrons. The van der Waals surface area contributed by atoms with Gasteiger partial charge in [0.25, 0.3) is 5.91 Å². The number of fused-ring (bicyclic) bond motifs is 2. The smallest absolute Gasteiger partial charge is 0.355 e. The minimum absolute atomic E-state index is 0.0738. The first-order chi connectivity index (χ1) is 16.2. The summed E-state index contributed by atoms with van der Waals surface area (Å²) in [7, 11) is 1.76. The monoisotopic (exact) mass is 471 g/mol. The third-order valence-corrected chi connectivity index (χ3v) is 6.68. The fourth-order valence-electron chi connectivity index (χ4n) is 5.08. The molecule has 0 radical (unpaired) electrons. The van der Waals surface area contributed by atoms with Crippen LogP contribution in [0.1, 0.15) is 28.8 Å². The third-order valence-electron chi connectivity index (χ3n) is 6.68. The molecule has 2 fully saturated rings. The molecule has 3 aromatic rings. The summed E-state index contributed by atoms with van der Waals surface area (Å²) in [6.07, 6.45) is 0.933. The van der Waals surface area contributed by atoms with Crippen molar-refractivity contribution in [3.8, 4) is 11.4 Å². The molecule has 1 saturated carbocycles. The molecule has 1 aliphatic carbocycles. The lowest BCUT2D eigenvalue weighted by molar-refractivity contribution is -0.137. The summed E-state index contributed by atoms with van der Waals surface area (Å²) in [6, 6.07) is 7.99. The lowest BCUT2D eigenvalue weighted by Gasteiger charge is -2.39. The van der Waals surface area contributed by atoms with E-state index in [0.29, 0.717) is 17.9 Å². The molecule has 1 saturated heterocycles. The van der Waals surface area contributed by atoms with Crippen molar-refractivity contribution in [1.82, 2.24) is 19.9 Å². The molecule has 2 aromatic heterocycles. The molecule has 34 heavy (non-hydrogen) atoms. The van der Waals surface area contributed by atoms with Gasteiger partial charge in [-0.3, -0.25) is 4.79 Å². The number of likely N-dealkylation sites (N-methyl/N-ethyl adjacent to an activating group) is 1. The number of piperidine rings is 1. The Morgan fingerprint density at radius 3 is 2.47 bits per heavy atom. The lowest BCUT2D eigenvalue weighted by atomic mass is 10.0. The maximum Gasteiger partial charge on any atom is 0.417 e. The molecule has 2 bridgehead atoms. The van der Waals surface area contributed by atoms with E-state index in [4.69, 9.17) is 0 Å². The van der Waals surface area contributed by atoms with Gasteiger partial charge in [-0.05, 0) is 43.0 Å². The van der Waals surface area contributed by atoms with E-state index in [1.807, 2.05) is 4.90 Å². The van der Waals surface area contributed by atoms with Crippen LogP contribution in [0.25, 0.3) is 11.4 Å². The second-order valence-electron chi connectivity index (χ2n) is 8.68. The molecule has 3 atom stereocenters. The van der Waals surface area contributed by atoms with Crippen molar-refractivity contribution in [3.63, 3.8) is 0 Å². The maximum atomic E-state index is 14.9. The van der Waals surface area contributed by atoms with Gasteiger partial charge in [0, 0.05) is 37.7 Å². The Morgan fingerprint density at radius 1 is 1.06 bits per heavy atom. The van der Waals surface area contributed by atoms with Gasteiger partial charge in [0.2, 0.25) is 0 Å². The molecule has 3 heterocycles. The van der Waals surface area contributed by atoms with Crippen molar-refractivity contribution in [3.05, 3.63) is 71.9 Å². The van der Waals surface area contributed by atoms with E-state index >= 15 is 0 Å². The number of hydrogen-bond acceptors (Lipinski definition) is 5. The van der Waals surface area contributed by atoms with E-state index < -0.39 is 23.5 Å². The molecular formula is C24H21F4N5O. The molecule has 0 N–H and O–H groups in total. The summed E-state index contributed by atoms with van der Waals surface area (Å²) < 4.78 is 53.6. The van der Waals surface area contributed by atoms with Crippen LogP contribution in [0.15, 0.2) is 55.0 Å². The number of likely N-dealkylation sites (tertiary alicyclic amines) is 1. The van der Waals surface area contributed by atoms with Gasteiger partial charge in [-0.25, -0.2) is 19.3 Å². The van der Waals surface area contributed by atoms with Gasteiger partial charge < -0.3 is 9.80 Å². The third kappa shape index (κ3) is 3.86. The van der Waals surface area contributed by atoms with Crippen LogP contribution in [0.3, 0.4) is 0 Å². The minimum Gasteiger partial charge on any atom is -0.355 e. The highest BCUT2D eigenvalue weighted by atomic mass is 19.4. The van der Waals surface area contributed by atoms with E-state index in [-0.39, 0.29) is 29.4 Å². The van der Waals surface area contributed by atoms with Crippen molar-refractivity contribution in [1.29, 1.82) is 0 Å². The number of benzene rings is 1. The number of carbonyl (C=O) groups is 1. The molecule has 1 aliphatic heterocycles. The number of aromatic nitrogens is 3. The van der Waals surface area contributed by atoms with Crippen LogP contribution in [-0.2, 0) is 6.18 Å². The van der Waals surface area contributed by atoms with Gasteiger partial charge in [-0.2, -0.15) is 13.2 Å². The Bertz CT molecular complexity index is 1200. The van der Waals surface area contributed by atoms with E-state index in [1.165, 1.54) is 30.6 Å². The quantitative estimate of drug-likeness (QED) is 0.527. The summed E-state index contributed by atoms with van der Waals surface area (Å²) in [5.41, 5.74) is -0.567. The number of pyridine rings is 1. The van der Waals surface area contributed by atoms with E-state index in [1.54, 1.807) is 24.1 Å². The number of amides is 1. The van der Waals surface area contributed by atoms with E-state index in [2.05, 4.69) is 15.0 Å². The van der Waals surface area contributed by atoms with Gasteiger partial charge >= 0.3 is 6.18 Å². The highest BCUT2D eigenvalue weighted by molar-refractivity contribution is 6.01. The Kier molecular flexibility index (Phi) is 5.45. The van der Waals surface area contributed by atoms with Crippen LogP contribution >= 0.6 is 0 Å². The van der Waals surface area contributed by atoms with Crippen molar-refractivity contribution >= 4 is 11.7 Å². The average Bonchev–Trinajstić information content (AvgIpc) is 3.44. The molecule has 1 aromatic carbocycles. The molecular weight excluding hydrogens is 450 g/mol. The van der Waals surface area contributed by atoms with Crippen molar-refractivity contribution in [2.75, 3.05) is 18.5 Å². The summed E-state index contributed by atoms with van der Waals surface area (Å²) in [5.74, 6) is -0.211. The van der Waals surface area contributed by atoms with Crippen LogP contribution in [0.2, 0.25) is 0 Å². The van der Waals surface area contributed by atoms with Gasteiger partial charge in [-0.15, -0.1) is 0 Å². The predicted molar refractivity (Wildman–Crippen MR) is 116 cm³/mol. The second-order valence-corrected chi connectivity index (χ2v) is 8.68. The van der Waals surface area contributed by atoms with Crippen molar-refractivity contribution < 1.29 is 22.4 Å². The van der Waals surface area contributed by atoms with Gasteiger partial charge in [-0.1, -0.05) is 12.1 Å². The summed E-state index contributed by atoms with van der Waals surface area (Å²) in [5, 5.41) is 0. The van der Waals surface area contributed by atoms with E-state index in [9.17, 15) is 22.4 Å². The Hall–Kier alpha value is -3.56. The van der Waals surface area contributed by atoms with Gasteiger partial charge in [0.1, 0.15) is 11.6 Å². The minimum atomic E-state index is -4.46. The average molecular weight is 471 g/mol. The normalized spacial score (nSPS) is 21.7. The first kappa shape index (κ1) is 22.2. The fraction of sp³-hybridized carbons (Fsp3) is 0.333. The number of nitrogens with zero attached hydrogens (tertiary/aromatic N) is 5. The van der Waals surface area contributed by atoms with E-state index in [0.717, 1.165) is 25.1 Å². The predicted octanol–water partition coefficient (Wildman–Crippen LogP) is 4.44. The first-order valence-corrected chi connectivity index (χ1v) is 10.9. The van der Waals surface area contributed by atoms with Crippen LogP contribution in [0.4, 0.5) is 23.4 Å². The fourth-order valence-corrected chi connectivity index (χ4v) is 5.08. The molecule has 6 nitrogen and oxygen atoms in total. The molecule has 10 heteroatoms. The summed E-state index contributed by atoms with van der Waals surface area (Å²) in [4.78, 5) is 29.4. The molecule has 0 spiro atoms. The molecule has 2 aliphatic rings. The van der Waals surface area contributed by atoms with Crippen molar-refractivity contribution in [2.24, 2.45) is 5.92 Å². The topological polar surface area (TPSA) is 62.2 Å². The number of anilines is 1. The molecule has 5 rings (SSSR count). The number of halogens is 4. The highest BCUT2D eigenvalue weighted by Crippen LogP contribution is 2.42. The number of carbonyl (C=O) groups excluding carboxylic acids is 1. The zero-order valence-electron chi connectivity index (χ0n) is 18.2. The molecule has 1 amide bonds. The van der Waals surface area contributed by atoms with Gasteiger partial charge in [0.15, 0.2) is 5.82 Å². The Balaban J connectivity index is 1.42. The summed E-state index contributed by atoms with van der Waals surface area (Å²) in [6.45, 7) is 0.498. The highest BCUT2D eigenvalue weighted by Gasteiger charge is 2.49. The molecule has 2 unspecified atom stereocenters. The number of hydrogen-bond donors (Lipinski definition) is 0. The van der Waals surface area contributed by atoms with Gasteiger partial charge in [0.05, 0.1) is 23.2 Å². The van der Waals surface area contributed by atoms with Crippen LogP contribution < -0.4 is 4.90 Å². The lowest BCUT2D eigenvalue weighted by Crippen LogP contribution is -2.51. The second kappa shape index (κ2) is 8.34. The van der Waals surface area contributed by atoms with Crippen molar-refractivity contribution in [2.45, 2.75) is 31.1 Å². The number of alkyl halides is 3. The summed E-state index contributed by atoms with van der Waals surface area (Å²) >= 11 is 0. The van der Waals surface area contributed by atoms with Crippen LogP contribution in [-0.4, -0.2) is 51.4 Å². The van der Waals surface area contributed by atoms with Crippen LogP contribution in [0, 0.1) is 11.7 Å². The Labute approximate surface area is 193 Å². The number of rotatable bonds is 4. The van der Waals surface area contributed by atoms with Crippen LogP contribution in [0.5, 0.6) is 0 Å². The largest absolute Gasteiger partial charge is 0.417 e. The SMILES string of the molecule is CN(c1ccc(C(F)(F)F)cn1)C1C[C@H]2CC1N(C(=O)c1c(F)cccc1-c1ncccn1)C2. The standard InChI is InChI=1S/C24H21F4N5O/c1-32(20-7-6-15(12-31-20)24(26,27)28)18-10-14-11-19(18)33(13-14)23(34)21-16(4-2-5-17(21)25)22-29-8-3-9-30-22/h2-9,12,14,18-19H,10-11,13H2,1H3/t14-,18?,19?/m0/s1. The Morgan fingerprint density at radius 2 is 1.82 bits per heavy atom. The zero-order chi connectivity index (χ0) is 24.0. The zero-order valence-corrected chi connectivity index (χ0v) is 18.2.